The lowest BCUT2D eigenvalue weighted by Gasteiger charge is -2.39. The number of rotatable bonds is 5. The van der Waals surface area contributed by atoms with E-state index in [1.165, 1.54) is 7.11 Å². The van der Waals surface area contributed by atoms with Gasteiger partial charge in [0.25, 0.3) is 0 Å². The zero-order valence-electron chi connectivity index (χ0n) is 18.1. The van der Waals surface area contributed by atoms with E-state index in [1.54, 1.807) is 12.4 Å². The number of piperazine rings is 1. The quantitative estimate of drug-likeness (QED) is 0.420. The maximum atomic E-state index is 12.7. The maximum Gasteiger partial charge on any atom is 0.327 e. The molecule has 1 saturated heterocycles. The Morgan fingerprint density at radius 1 is 1.00 bits per heavy atom. The van der Waals surface area contributed by atoms with E-state index in [-0.39, 0.29) is 5.97 Å². The number of carbonyl (C=O) groups excluding carboxylic acids is 1. The Hall–Kier alpha value is -3.49. The number of para-hydroxylation sites is 1. The maximum absolute atomic E-state index is 12.7. The molecule has 5 rings (SSSR count). The number of halogens is 1. The highest BCUT2D eigenvalue weighted by atomic mass is 35.5. The normalized spacial score (nSPS) is 15.5. The second kappa shape index (κ2) is 9.17. The molecule has 1 atom stereocenters. The van der Waals surface area contributed by atoms with E-state index in [0.29, 0.717) is 31.2 Å². The van der Waals surface area contributed by atoms with Gasteiger partial charge in [-0.15, -0.1) is 0 Å². The van der Waals surface area contributed by atoms with Crippen LogP contribution in [0.25, 0.3) is 16.7 Å². The predicted molar refractivity (Wildman–Crippen MR) is 127 cm³/mol. The van der Waals surface area contributed by atoms with Crippen LogP contribution in [0.3, 0.4) is 0 Å². The average Bonchev–Trinajstić information content (AvgIpc) is 3.31. The summed E-state index contributed by atoms with van der Waals surface area (Å²) in [5.74, 6) is 0.527. The van der Waals surface area contributed by atoms with E-state index in [9.17, 15) is 4.79 Å². The highest BCUT2D eigenvalue weighted by Crippen LogP contribution is 2.31. The summed E-state index contributed by atoms with van der Waals surface area (Å²) in [6.07, 6.45) is 3.39. The number of hydrogen-bond donors (Lipinski definition) is 0. The number of esters is 1. The van der Waals surface area contributed by atoms with E-state index in [2.05, 4.69) is 24.9 Å². The van der Waals surface area contributed by atoms with Gasteiger partial charge in [-0.05, 0) is 23.8 Å². The van der Waals surface area contributed by atoms with Crippen molar-refractivity contribution in [1.29, 1.82) is 0 Å². The first kappa shape index (κ1) is 21.4. The Bertz CT molecular complexity index is 1270. The molecule has 0 amide bonds. The first-order valence-electron chi connectivity index (χ1n) is 10.7. The minimum atomic E-state index is -0.544. The van der Waals surface area contributed by atoms with Crippen molar-refractivity contribution in [2.24, 2.45) is 0 Å². The third kappa shape index (κ3) is 4.03. The minimum Gasteiger partial charge on any atom is -0.468 e. The number of anilines is 1. The largest absolute Gasteiger partial charge is 0.468 e. The van der Waals surface area contributed by atoms with Gasteiger partial charge in [0.1, 0.15) is 18.2 Å². The highest BCUT2D eigenvalue weighted by Gasteiger charge is 2.33. The molecule has 0 saturated carbocycles. The molecule has 4 aromatic rings. The number of nitrogens with zero attached hydrogens (tertiary/aromatic N) is 6. The molecule has 3 heterocycles. The van der Waals surface area contributed by atoms with Gasteiger partial charge >= 0.3 is 5.97 Å². The van der Waals surface area contributed by atoms with Gasteiger partial charge < -0.3 is 9.64 Å². The molecule has 33 heavy (non-hydrogen) atoms. The molecule has 8 nitrogen and oxygen atoms in total. The molecule has 0 aliphatic carbocycles. The van der Waals surface area contributed by atoms with Crippen molar-refractivity contribution in [3.05, 3.63) is 77.7 Å². The van der Waals surface area contributed by atoms with Gasteiger partial charge in [0.2, 0.25) is 0 Å². The Morgan fingerprint density at radius 2 is 1.73 bits per heavy atom. The van der Waals surface area contributed by atoms with Crippen molar-refractivity contribution < 1.29 is 9.53 Å². The number of aromatic nitrogens is 4. The van der Waals surface area contributed by atoms with Crippen molar-refractivity contribution in [2.45, 2.75) is 6.04 Å². The van der Waals surface area contributed by atoms with Gasteiger partial charge in [0.15, 0.2) is 5.65 Å². The molecular weight excluding hydrogens is 440 g/mol. The molecule has 0 bridgehead atoms. The summed E-state index contributed by atoms with van der Waals surface area (Å²) in [5.41, 5.74) is 2.47. The molecule has 1 fully saturated rings. The fraction of sp³-hybridized carbons (Fsp3) is 0.250. The lowest BCUT2D eigenvalue weighted by atomic mass is 10.0. The van der Waals surface area contributed by atoms with E-state index >= 15 is 0 Å². The second-order valence-corrected chi connectivity index (χ2v) is 8.20. The summed E-state index contributed by atoms with van der Waals surface area (Å²) < 4.78 is 6.93. The molecule has 0 radical (unpaired) electrons. The third-order valence-electron chi connectivity index (χ3n) is 5.95. The summed E-state index contributed by atoms with van der Waals surface area (Å²) in [6, 6.07) is 16.8. The molecule has 2 aromatic carbocycles. The second-order valence-electron chi connectivity index (χ2n) is 7.80. The predicted octanol–water partition coefficient (Wildman–Crippen LogP) is 3.51. The number of hydrogen-bond acceptors (Lipinski definition) is 7. The molecule has 168 valence electrons. The standard InChI is InChI=1S/C24H23ClN6O2/c1-33-24(32)21(18-9-5-6-10-20(18)25)29-11-13-30(14-12-29)22-19-15-28-31(23(19)27-16-26-22)17-7-3-2-4-8-17/h2-10,15-16,21H,11-14H2,1H3. The summed E-state index contributed by atoms with van der Waals surface area (Å²) in [4.78, 5) is 26.0. The lowest BCUT2D eigenvalue weighted by Crippen LogP contribution is -2.49. The number of fused-ring (bicyclic) bond motifs is 1. The minimum absolute atomic E-state index is 0.315. The smallest absolute Gasteiger partial charge is 0.327 e. The van der Waals surface area contributed by atoms with E-state index in [4.69, 9.17) is 16.3 Å². The van der Waals surface area contributed by atoms with Gasteiger partial charge in [0, 0.05) is 31.2 Å². The molecule has 1 unspecified atom stereocenters. The van der Waals surface area contributed by atoms with Crippen molar-refractivity contribution in [1.82, 2.24) is 24.6 Å². The van der Waals surface area contributed by atoms with Crippen LogP contribution in [-0.2, 0) is 9.53 Å². The van der Waals surface area contributed by atoms with Gasteiger partial charge in [0.05, 0.1) is 24.4 Å². The molecule has 9 heteroatoms. The van der Waals surface area contributed by atoms with Crippen LogP contribution in [-0.4, -0.2) is 63.9 Å². The number of carbonyl (C=O) groups is 1. The zero-order valence-corrected chi connectivity index (χ0v) is 18.9. The van der Waals surface area contributed by atoms with Gasteiger partial charge in [-0.25, -0.2) is 19.4 Å². The van der Waals surface area contributed by atoms with Crippen molar-refractivity contribution in [3.63, 3.8) is 0 Å². The van der Waals surface area contributed by atoms with Crippen molar-refractivity contribution in [2.75, 3.05) is 38.2 Å². The van der Waals surface area contributed by atoms with Gasteiger partial charge in [-0.2, -0.15) is 5.10 Å². The zero-order chi connectivity index (χ0) is 22.8. The highest BCUT2D eigenvalue weighted by molar-refractivity contribution is 6.31. The van der Waals surface area contributed by atoms with Crippen LogP contribution in [0.5, 0.6) is 0 Å². The molecule has 1 aliphatic heterocycles. The summed E-state index contributed by atoms with van der Waals surface area (Å²) >= 11 is 6.41. The number of ether oxygens (including phenoxy) is 1. The monoisotopic (exact) mass is 462 g/mol. The van der Waals surface area contributed by atoms with Crippen LogP contribution in [0.2, 0.25) is 5.02 Å². The van der Waals surface area contributed by atoms with E-state index in [1.807, 2.05) is 59.4 Å². The topological polar surface area (TPSA) is 76.4 Å². The number of methoxy groups -OCH3 is 1. The van der Waals surface area contributed by atoms with Crippen molar-refractivity contribution in [3.8, 4) is 5.69 Å². The summed E-state index contributed by atoms with van der Waals surface area (Å²) in [7, 11) is 1.41. The molecule has 0 spiro atoms. The van der Waals surface area contributed by atoms with Crippen LogP contribution >= 0.6 is 11.6 Å². The van der Waals surface area contributed by atoms with Gasteiger partial charge in [-0.1, -0.05) is 48.0 Å². The molecule has 2 aromatic heterocycles. The Kier molecular flexibility index (Phi) is 5.93. The van der Waals surface area contributed by atoms with E-state index < -0.39 is 6.04 Å². The molecular formula is C24H23ClN6O2. The van der Waals surface area contributed by atoms with Crippen LogP contribution in [0.4, 0.5) is 5.82 Å². The third-order valence-corrected chi connectivity index (χ3v) is 6.29. The lowest BCUT2D eigenvalue weighted by molar-refractivity contribution is -0.147. The van der Waals surface area contributed by atoms with Crippen molar-refractivity contribution >= 4 is 34.4 Å². The molecule has 1 aliphatic rings. The average molecular weight is 463 g/mol. The molecule has 0 N–H and O–H groups in total. The van der Waals surface area contributed by atoms with E-state index in [0.717, 1.165) is 28.1 Å². The Labute approximate surface area is 196 Å². The van der Waals surface area contributed by atoms with Crippen LogP contribution in [0.15, 0.2) is 67.1 Å². The van der Waals surface area contributed by atoms with Crippen LogP contribution < -0.4 is 4.90 Å². The summed E-state index contributed by atoms with van der Waals surface area (Å²) in [6.45, 7) is 2.70. The Balaban J connectivity index is 1.39. The fourth-order valence-corrected chi connectivity index (χ4v) is 4.55. The first-order valence-corrected chi connectivity index (χ1v) is 11.1. The van der Waals surface area contributed by atoms with Crippen LogP contribution in [0, 0.1) is 0 Å². The summed E-state index contributed by atoms with van der Waals surface area (Å²) in [5, 5.41) is 6.00. The first-order chi connectivity index (χ1) is 16.2. The SMILES string of the molecule is COC(=O)C(c1ccccc1Cl)N1CCN(c2ncnc3c2cnn3-c2ccccc2)CC1. The fourth-order valence-electron chi connectivity index (χ4n) is 4.32. The Morgan fingerprint density at radius 3 is 2.45 bits per heavy atom. The number of benzene rings is 2. The van der Waals surface area contributed by atoms with Gasteiger partial charge in [-0.3, -0.25) is 4.90 Å². The van der Waals surface area contributed by atoms with Crippen LogP contribution in [0.1, 0.15) is 11.6 Å².